The summed E-state index contributed by atoms with van der Waals surface area (Å²) >= 11 is 0. The van der Waals surface area contributed by atoms with Crippen LogP contribution in [0.2, 0.25) is 0 Å². The van der Waals surface area contributed by atoms with E-state index in [9.17, 15) is 0 Å². The highest BCUT2D eigenvalue weighted by molar-refractivity contribution is 6.16. The molecule has 9 aromatic carbocycles. The van der Waals surface area contributed by atoms with E-state index >= 15 is 0 Å². The molecule has 3 aliphatic rings. The Morgan fingerprint density at radius 3 is 1.62 bits per heavy atom. The highest BCUT2D eigenvalue weighted by atomic mass is 15.1. The summed E-state index contributed by atoms with van der Waals surface area (Å²) in [4.78, 5) is 2.58. The Labute approximate surface area is 321 Å². The van der Waals surface area contributed by atoms with Crippen LogP contribution in [0, 0.1) is 0 Å². The molecular formula is C54H37N. The number of fused-ring (bicyclic) bond motifs is 16. The van der Waals surface area contributed by atoms with Crippen molar-refractivity contribution in [1.82, 2.24) is 0 Å². The highest BCUT2D eigenvalue weighted by Gasteiger charge is 2.52. The molecule has 0 bridgehead atoms. The first-order valence-corrected chi connectivity index (χ1v) is 19.4. The number of rotatable bonds is 3. The molecule has 0 saturated heterocycles. The molecule has 0 heterocycles. The van der Waals surface area contributed by atoms with Gasteiger partial charge < -0.3 is 4.90 Å². The number of hydrogen-bond donors (Lipinski definition) is 0. The zero-order chi connectivity index (χ0) is 36.5. The molecule has 0 N–H and O–H groups in total. The van der Waals surface area contributed by atoms with Crippen molar-refractivity contribution in [1.29, 1.82) is 0 Å². The average molecular weight is 700 g/mol. The van der Waals surface area contributed by atoms with Gasteiger partial charge in [-0.3, -0.25) is 0 Å². The molecule has 0 saturated carbocycles. The van der Waals surface area contributed by atoms with Crippen LogP contribution in [0.4, 0.5) is 17.1 Å². The van der Waals surface area contributed by atoms with Gasteiger partial charge >= 0.3 is 0 Å². The largest absolute Gasteiger partial charge is 0.309 e. The van der Waals surface area contributed by atoms with Crippen molar-refractivity contribution in [3.8, 4) is 33.4 Å². The lowest BCUT2D eigenvalue weighted by molar-refractivity contribution is 0.660. The first kappa shape index (κ1) is 30.7. The molecule has 0 fully saturated rings. The van der Waals surface area contributed by atoms with E-state index in [-0.39, 0.29) is 5.41 Å². The van der Waals surface area contributed by atoms with E-state index < -0.39 is 5.41 Å². The molecule has 0 aliphatic heterocycles. The molecule has 3 aliphatic carbocycles. The van der Waals surface area contributed by atoms with Crippen molar-refractivity contribution in [2.24, 2.45) is 0 Å². The molecule has 0 atom stereocenters. The van der Waals surface area contributed by atoms with Crippen LogP contribution >= 0.6 is 0 Å². The van der Waals surface area contributed by atoms with Gasteiger partial charge in [-0.1, -0.05) is 178 Å². The third kappa shape index (κ3) is 3.87. The summed E-state index contributed by atoms with van der Waals surface area (Å²) in [7, 11) is 0. The summed E-state index contributed by atoms with van der Waals surface area (Å²) in [5, 5.41) is 5.00. The SMILES string of the molecule is CC1(C)c2ccccc2-c2ccc(N(c3cccc4c3-c3ccccc3C43c4ccccc4-c4ccccc43)c3cccc4ccc5ccccc5c34)cc21. The Hall–Kier alpha value is -6.70. The van der Waals surface area contributed by atoms with Crippen LogP contribution in [0.3, 0.4) is 0 Å². The lowest BCUT2D eigenvalue weighted by Crippen LogP contribution is -2.26. The fourth-order valence-electron chi connectivity index (χ4n) is 10.8. The minimum absolute atomic E-state index is 0.133. The van der Waals surface area contributed by atoms with Gasteiger partial charge in [-0.05, 0) is 102 Å². The minimum atomic E-state index is -0.423. The summed E-state index contributed by atoms with van der Waals surface area (Å²) in [5.41, 5.74) is 19.1. The zero-order valence-electron chi connectivity index (χ0n) is 30.8. The van der Waals surface area contributed by atoms with Crippen LogP contribution in [-0.2, 0) is 10.8 Å². The molecule has 1 spiro atoms. The van der Waals surface area contributed by atoms with E-state index in [1.165, 1.54) is 105 Å². The van der Waals surface area contributed by atoms with Crippen LogP contribution < -0.4 is 4.90 Å². The molecular weight excluding hydrogens is 663 g/mol. The third-order valence-corrected chi connectivity index (χ3v) is 13.1. The van der Waals surface area contributed by atoms with Crippen LogP contribution in [0.1, 0.15) is 47.2 Å². The monoisotopic (exact) mass is 699 g/mol. The standard InChI is InChI=1S/C54H37N/c1-53(2)43-22-9-5-18-38(43)41-32-31-36(33-48(41)53)55(49-27-13-16-35-30-29-34-15-3-4-17-37(34)51(35)49)50-28-14-26-47-52(50)42-21-8-12-25-46(42)54(47)44-23-10-6-19-39(44)40-20-7-11-24-45(40)54/h3-33H,1-2H3. The van der Waals surface area contributed by atoms with Crippen LogP contribution in [0.15, 0.2) is 188 Å². The second kappa shape index (κ2) is 10.9. The van der Waals surface area contributed by atoms with Gasteiger partial charge in [-0.2, -0.15) is 0 Å². The van der Waals surface area contributed by atoms with E-state index in [1.807, 2.05) is 0 Å². The average Bonchev–Trinajstić information content (AvgIpc) is 3.80. The molecule has 0 unspecified atom stereocenters. The van der Waals surface area contributed by atoms with Gasteiger partial charge in [0.05, 0.1) is 16.8 Å². The quantitative estimate of drug-likeness (QED) is 0.166. The summed E-state index contributed by atoms with van der Waals surface area (Å²) in [6.45, 7) is 4.76. The second-order valence-corrected chi connectivity index (χ2v) is 16.0. The topological polar surface area (TPSA) is 3.24 Å². The van der Waals surface area contributed by atoms with Gasteiger partial charge in [0.15, 0.2) is 0 Å². The molecule has 0 aromatic heterocycles. The molecule has 0 amide bonds. The molecule has 1 heteroatoms. The van der Waals surface area contributed by atoms with Crippen molar-refractivity contribution in [3.63, 3.8) is 0 Å². The van der Waals surface area contributed by atoms with E-state index in [0.29, 0.717) is 0 Å². The summed E-state index contributed by atoms with van der Waals surface area (Å²) in [5.74, 6) is 0. The Bertz CT molecular complexity index is 3040. The Kier molecular flexibility index (Phi) is 6.11. The molecule has 0 radical (unpaired) electrons. The van der Waals surface area contributed by atoms with Crippen LogP contribution in [-0.4, -0.2) is 0 Å². The van der Waals surface area contributed by atoms with Crippen molar-refractivity contribution >= 4 is 38.6 Å². The molecule has 258 valence electrons. The molecule has 9 aromatic rings. The van der Waals surface area contributed by atoms with Gasteiger partial charge in [0.1, 0.15) is 0 Å². The predicted molar refractivity (Wildman–Crippen MR) is 230 cm³/mol. The third-order valence-electron chi connectivity index (χ3n) is 13.1. The molecule has 1 nitrogen and oxygen atoms in total. The van der Waals surface area contributed by atoms with Gasteiger partial charge in [-0.15, -0.1) is 0 Å². The number of hydrogen-bond acceptors (Lipinski definition) is 1. The van der Waals surface area contributed by atoms with Crippen LogP contribution in [0.5, 0.6) is 0 Å². The van der Waals surface area contributed by atoms with Crippen molar-refractivity contribution < 1.29 is 0 Å². The maximum absolute atomic E-state index is 2.58. The fourth-order valence-corrected chi connectivity index (χ4v) is 10.8. The molecule has 12 rings (SSSR count). The van der Waals surface area contributed by atoms with E-state index in [2.05, 4.69) is 207 Å². The Balaban J connectivity index is 1.21. The van der Waals surface area contributed by atoms with Gasteiger partial charge in [-0.25, -0.2) is 0 Å². The van der Waals surface area contributed by atoms with E-state index in [1.54, 1.807) is 0 Å². The lowest BCUT2D eigenvalue weighted by Gasteiger charge is -2.33. The van der Waals surface area contributed by atoms with Crippen molar-refractivity contribution in [2.45, 2.75) is 24.7 Å². The van der Waals surface area contributed by atoms with Gasteiger partial charge in [0.25, 0.3) is 0 Å². The van der Waals surface area contributed by atoms with Crippen molar-refractivity contribution in [2.75, 3.05) is 4.90 Å². The highest BCUT2D eigenvalue weighted by Crippen LogP contribution is 2.65. The summed E-state index contributed by atoms with van der Waals surface area (Å²) < 4.78 is 0. The Morgan fingerprint density at radius 1 is 0.364 bits per heavy atom. The fraction of sp³-hybridized carbons (Fsp3) is 0.0741. The van der Waals surface area contributed by atoms with E-state index in [0.717, 1.165) is 0 Å². The first-order chi connectivity index (χ1) is 27.1. The lowest BCUT2D eigenvalue weighted by atomic mass is 9.70. The van der Waals surface area contributed by atoms with E-state index in [4.69, 9.17) is 0 Å². The number of nitrogens with zero attached hydrogens (tertiary/aromatic N) is 1. The maximum atomic E-state index is 2.58. The van der Waals surface area contributed by atoms with Crippen LogP contribution in [0.25, 0.3) is 54.9 Å². The Morgan fingerprint density at radius 2 is 0.873 bits per heavy atom. The summed E-state index contributed by atoms with van der Waals surface area (Å²) in [6.07, 6.45) is 0. The number of benzene rings is 9. The van der Waals surface area contributed by atoms with Crippen molar-refractivity contribution in [3.05, 3.63) is 221 Å². The summed E-state index contributed by atoms with van der Waals surface area (Å²) in [6, 6.07) is 70.8. The first-order valence-electron chi connectivity index (χ1n) is 19.4. The normalized spacial score (nSPS) is 14.7. The zero-order valence-corrected chi connectivity index (χ0v) is 30.8. The maximum Gasteiger partial charge on any atom is 0.0726 e. The smallest absolute Gasteiger partial charge is 0.0726 e. The van der Waals surface area contributed by atoms with Gasteiger partial charge in [0.2, 0.25) is 0 Å². The number of anilines is 3. The molecule has 55 heavy (non-hydrogen) atoms. The predicted octanol–water partition coefficient (Wildman–Crippen LogP) is 14.1. The second-order valence-electron chi connectivity index (χ2n) is 16.0. The van der Waals surface area contributed by atoms with Gasteiger partial charge in [0, 0.05) is 22.1 Å². The minimum Gasteiger partial charge on any atom is -0.309 e.